The fourth-order valence-electron chi connectivity index (χ4n) is 3.20. The molecule has 152 valence electrons. The summed E-state index contributed by atoms with van der Waals surface area (Å²) in [6.07, 6.45) is 2.07. The number of guanidine groups is 1. The van der Waals surface area contributed by atoms with Gasteiger partial charge in [-0.2, -0.15) is 0 Å². The standard InChI is InChI=1S/C20H32N4O2.HI/c1-20(2,3)17(26-5)13-22-19(21-4)23-14-18(25)24-12-8-10-15-9-6-7-11-16(15)24;/h6-7,9,11,17H,8,10,12-14H2,1-5H3,(H2,21,22,23);1H. The normalized spacial score (nSPS) is 15.4. The maximum atomic E-state index is 12.7. The van der Waals surface area contributed by atoms with E-state index in [1.807, 2.05) is 23.1 Å². The number of ether oxygens (including phenoxy) is 1. The van der Waals surface area contributed by atoms with Crippen LogP contribution in [0.3, 0.4) is 0 Å². The second kappa shape index (κ2) is 10.8. The lowest BCUT2D eigenvalue weighted by atomic mass is 9.89. The van der Waals surface area contributed by atoms with Gasteiger partial charge in [-0.15, -0.1) is 24.0 Å². The van der Waals surface area contributed by atoms with Gasteiger partial charge in [0, 0.05) is 32.9 Å². The van der Waals surface area contributed by atoms with Gasteiger partial charge >= 0.3 is 0 Å². The molecule has 0 aromatic heterocycles. The van der Waals surface area contributed by atoms with Crippen LogP contribution in [0.2, 0.25) is 0 Å². The minimum atomic E-state index is 0. The molecule has 1 aliphatic heterocycles. The molecule has 1 amide bonds. The van der Waals surface area contributed by atoms with Crippen molar-refractivity contribution in [3.63, 3.8) is 0 Å². The van der Waals surface area contributed by atoms with Gasteiger partial charge in [0.25, 0.3) is 0 Å². The van der Waals surface area contributed by atoms with Gasteiger partial charge in [-0.25, -0.2) is 0 Å². The topological polar surface area (TPSA) is 66.0 Å². The first-order valence-electron chi connectivity index (χ1n) is 9.22. The molecule has 1 unspecified atom stereocenters. The van der Waals surface area contributed by atoms with Crippen molar-refractivity contribution < 1.29 is 9.53 Å². The third kappa shape index (κ3) is 6.64. The maximum Gasteiger partial charge on any atom is 0.246 e. The van der Waals surface area contributed by atoms with E-state index in [0.29, 0.717) is 12.5 Å². The first kappa shape index (κ1) is 23.7. The Morgan fingerprint density at radius 1 is 1.30 bits per heavy atom. The number of carbonyl (C=O) groups excluding carboxylic acids is 1. The van der Waals surface area contributed by atoms with Gasteiger partial charge < -0.3 is 20.3 Å². The monoisotopic (exact) mass is 488 g/mol. The minimum absolute atomic E-state index is 0. The van der Waals surface area contributed by atoms with E-state index in [9.17, 15) is 4.79 Å². The van der Waals surface area contributed by atoms with Gasteiger partial charge in [-0.3, -0.25) is 9.79 Å². The number of methoxy groups -OCH3 is 1. The largest absolute Gasteiger partial charge is 0.379 e. The van der Waals surface area contributed by atoms with Crippen molar-refractivity contribution in [3.05, 3.63) is 29.8 Å². The summed E-state index contributed by atoms with van der Waals surface area (Å²) < 4.78 is 5.55. The van der Waals surface area contributed by atoms with E-state index < -0.39 is 0 Å². The summed E-state index contributed by atoms with van der Waals surface area (Å²) in [5.41, 5.74) is 2.29. The number of para-hydroxylation sites is 1. The SMILES string of the molecule is CN=C(NCC(=O)N1CCCc2ccccc21)NCC(OC)C(C)(C)C.I. The smallest absolute Gasteiger partial charge is 0.246 e. The molecule has 0 radical (unpaired) electrons. The molecule has 0 fully saturated rings. The molecule has 1 aliphatic rings. The number of halogens is 1. The molecule has 0 saturated carbocycles. The molecular formula is C20H33IN4O2. The zero-order valence-corrected chi connectivity index (χ0v) is 19.4. The summed E-state index contributed by atoms with van der Waals surface area (Å²) in [5, 5.41) is 6.37. The number of nitrogens with zero attached hydrogens (tertiary/aromatic N) is 2. The zero-order chi connectivity index (χ0) is 19.2. The van der Waals surface area contributed by atoms with Crippen LogP contribution in [-0.2, 0) is 16.0 Å². The molecule has 0 saturated heterocycles. The van der Waals surface area contributed by atoms with Crippen molar-refractivity contribution in [2.75, 3.05) is 38.7 Å². The first-order chi connectivity index (χ1) is 12.4. The van der Waals surface area contributed by atoms with Crippen molar-refractivity contribution in [3.8, 4) is 0 Å². The van der Waals surface area contributed by atoms with E-state index in [-0.39, 0.29) is 47.9 Å². The lowest BCUT2D eigenvalue weighted by Gasteiger charge is -2.31. The Morgan fingerprint density at radius 3 is 2.63 bits per heavy atom. The number of hydrogen-bond acceptors (Lipinski definition) is 3. The predicted molar refractivity (Wildman–Crippen MR) is 122 cm³/mol. The lowest BCUT2D eigenvalue weighted by Crippen LogP contribution is -2.48. The van der Waals surface area contributed by atoms with E-state index in [2.05, 4.69) is 42.5 Å². The number of benzene rings is 1. The molecule has 27 heavy (non-hydrogen) atoms. The van der Waals surface area contributed by atoms with Crippen LogP contribution < -0.4 is 15.5 Å². The summed E-state index contributed by atoms with van der Waals surface area (Å²) in [4.78, 5) is 18.8. The summed E-state index contributed by atoms with van der Waals surface area (Å²) >= 11 is 0. The number of anilines is 1. The van der Waals surface area contributed by atoms with Crippen LogP contribution in [-0.4, -0.2) is 51.8 Å². The average molecular weight is 488 g/mol. The molecule has 1 aromatic rings. The highest BCUT2D eigenvalue weighted by molar-refractivity contribution is 14.0. The molecule has 0 bridgehead atoms. The van der Waals surface area contributed by atoms with Crippen molar-refractivity contribution in [2.45, 2.75) is 39.7 Å². The van der Waals surface area contributed by atoms with Crippen LogP contribution in [0.15, 0.2) is 29.3 Å². The van der Waals surface area contributed by atoms with E-state index in [0.717, 1.165) is 25.1 Å². The van der Waals surface area contributed by atoms with Crippen molar-refractivity contribution in [2.24, 2.45) is 10.4 Å². The molecule has 1 aromatic carbocycles. The van der Waals surface area contributed by atoms with Gasteiger partial charge in [0.1, 0.15) is 0 Å². The fourth-order valence-corrected chi connectivity index (χ4v) is 3.20. The van der Waals surface area contributed by atoms with Gasteiger partial charge in [0.2, 0.25) is 5.91 Å². The fraction of sp³-hybridized carbons (Fsp3) is 0.600. The zero-order valence-electron chi connectivity index (χ0n) is 17.0. The Bertz CT molecular complexity index is 643. The van der Waals surface area contributed by atoms with Crippen LogP contribution in [0.4, 0.5) is 5.69 Å². The molecule has 2 N–H and O–H groups in total. The van der Waals surface area contributed by atoms with Crippen LogP contribution in [0.1, 0.15) is 32.8 Å². The highest BCUT2D eigenvalue weighted by Gasteiger charge is 2.25. The van der Waals surface area contributed by atoms with E-state index >= 15 is 0 Å². The number of amides is 1. The number of aliphatic imine (C=N–C) groups is 1. The number of hydrogen-bond donors (Lipinski definition) is 2. The van der Waals surface area contributed by atoms with Gasteiger partial charge in [0.15, 0.2) is 5.96 Å². The summed E-state index contributed by atoms with van der Waals surface area (Å²) in [5.74, 6) is 0.661. The Hall–Kier alpha value is -1.35. The minimum Gasteiger partial charge on any atom is -0.379 e. The Morgan fingerprint density at radius 2 is 2.00 bits per heavy atom. The highest BCUT2D eigenvalue weighted by atomic mass is 127. The summed E-state index contributed by atoms with van der Waals surface area (Å²) in [6, 6.07) is 8.13. The van der Waals surface area contributed by atoms with Crippen molar-refractivity contribution in [1.82, 2.24) is 10.6 Å². The van der Waals surface area contributed by atoms with Crippen molar-refractivity contribution >= 4 is 41.5 Å². The molecule has 7 heteroatoms. The summed E-state index contributed by atoms with van der Waals surface area (Å²) in [6.45, 7) is 8.00. The highest BCUT2D eigenvalue weighted by Crippen LogP contribution is 2.26. The van der Waals surface area contributed by atoms with E-state index in [1.54, 1.807) is 14.2 Å². The Kier molecular flexibility index (Phi) is 9.52. The number of nitrogens with one attached hydrogen (secondary N) is 2. The third-order valence-corrected chi connectivity index (χ3v) is 4.75. The van der Waals surface area contributed by atoms with Crippen LogP contribution >= 0.6 is 24.0 Å². The first-order valence-corrected chi connectivity index (χ1v) is 9.22. The Labute approximate surface area is 180 Å². The number of aryl methyl sites for hydroxylation is 1. The molecule has 1 heterocycles. The lowest BCUT2D eigenvalue weighted by molar-refractivity contribution is -0.117. The van der Waals surface area contributed by atoms with Crippen LogP contribution in [0.5, 0.6) is 0 Å². The Balaban J connectivity index is 0.00000364. The number of fused-ring (bicyclic) bond motifs is 1. The quantitative estimate of drug-likeness (QED) is 0.380. The second-order valence-corrected chi connectivity index (χ2v) is 7.67. The molecule has 6 nitrogen and oxygen atoms in total. The third-order valence-electron chi connectivity index (χ3n) is 4.75. The second-order valence-electron chi connectivity index (χ2n) is 7.67. The van der Waals surface area contributed by atoms with Crippen molar-refractivity contribution in [1.29, 1.82) is 0 Å². The molecule has 0 aliphatic carbocycles. The van der Waals surface area contributed by atoms with Gasteiger partial charge in [-0.05, 0) is 29.9 Å². The number of rotatable bonds is 5. The molecule has 1 atom stereocenters. The van der Waals surface area contributed by atoms with Gasteiger partial charge in [-0.1, -0.05) is 39.0 Å². The average Bonchev–Trinajstić information content (AvgIpc) is 2.62. The van der Waals surface area contributed by atoms with Gasteiger partial charge in [0.05, 0.1) is 12.6 Å². The molecule has 0 spiro atoms. The molecular weight excluding hydrogens is 455 g/mol. The number of carbonyl (C=O) groups is 1. The summed E-state index contributed by atoms with van der Waals surface area (Å²) in [7, 11) is 3.42. The predicted octanol–water partition coefficient (Wildman–Crippen LogP) is 2.81. The van der Waals surface area contributed by atoms with E-state index in [4.69, 9.17) is 4.74 Å². The van der Waals surface area contributed by atoms with Crippen LogP contribution in [0.25, 0.3) is 0 Å². The maximum absolute atomic E-state index is 12.7. The molecule has 2 rings (SSSR count). The van der Waals surface area contributed by atoms with E-state index in [1.165, 1.54) is 5.56 Å². The van der Waals surface area contributed by atoms with Crippen LogP contribution in [0, 0.1) is 5.41 Å².